The van der Waals surface area contributed by atoms with E-state index >= 15 is 0 Å². The first kappa shape index (κ1) is 12.9. The molecule has 1 atom stereocenters. The second-order valence-corrected chi connectivity index (χ2v) is 6.74. The molecule has 0 aliphatic carbocycles. The van der Waals surface area contributed by atoms with Crippen LogP contribution in [0.4, 0.5) is 0 Å². The summed E-state index contributed by atoms with van der Waals surface area (Å²) >= 11 is 0. The van der Waals surface area contributed by atoms with Crippen LogP contribution in [0.2, 0.25) is 0 Å². The van der Waals surface area contributed by atoms with Gasteiger partial charge in [-0.25, -0.2) is 0 Å². The Hall–Kier alpha value is -1.53. The van der Waals surface area contributed by atoms with Gasteiger partial charge in [-0.2, -0.15) is 0 Å². The zero-order valence-corrected chi connectivity index (χ0v) is 10.5. The quantitative estimate of drug-likeness (QED) is 0.714. The molecule has 94 valence electrons. The van der Waals surface area contributed by atoms with Crippen molar-refractivity contribution in [3.05, 3.63) is 48.5 Å². The number of hydrogen-bond acceptors (Lipinski definition) is 2. The van der Waals surface area contributed by atoms with Gasteiger partial charge in [-0.1, -0.05) is 50.7 Å². The third kappa shape index (κ3) is 1.77. The van der Waals surface area contributed by atoms with Crippen molar-refractivity contribution in [3.8, 4) is 16.9 Å². The van der Waals surface area contributed by atoms with Gasteiger partial charge in [0.05, 0.1) is 5.30 Å². The molecule has 1 unspecified atom stereocenters. The number of para-hydroxylation sites is 1. The van der Waals surface area contributed by atoms with Crippen molar-refractivity contribution in [1.29, 1.82) is 0 Å². The third-order valence-electron chi connectivity index (χ3n) is 3.11. The number of fused-ring (bicyclic) bond motifs is 3. The lowest BCUT2D eigenvalue weighted by Crippen LogP contribution is -2.18. The van der Waals surface area contributed by atoms with Crippen molar-refractivity contribution in [2.45, 2.75) is 14.4 Å². The molecule has 0 radical (unpaired) electrons. The van der Waals surface area contributed by atoms with Crippen LogP contribution in [0, 0.1) is 0 Å². The van der Waals surface area contributed by atoms with Gasteiger partial charge in [0.2, 0.25) is 0 Å². The first-order chi connectivity index (χ1) is 8.24. The van der Waals surface area contributed by atoms with Gasteiger partial charge in [-0.3, -0.25) is 4.57 Å². The molecule has 0 spiro atoms. The average molecular weight is 260 g/mol. The molecule has 0 amide bonds. The first-order valence-electron chi connectivity index (χ1n) is 5.72. The van der Waals surface area contributed by atoms with Crippen LogP contribution in [0.1, 0.15) is 14.4 Å². The zero-order valence-electron chi connectivity index (χ0n) is 9.59. The predicted octanol–water partition coefficient (Wildman–Crippen LogP) is 4.31. The van der Waals surface area contributed by atoms with Gasteiger partial charge in [0, 0.05) is 11.7 Å². The van der Waals surface area contributed by atoms with E-state index in [9.17, 15) is 4.57 Å². The largest absolute Gasteiger partial charge is 0.439 e. The summed E-state index contributed by atoms with van der Waals surface area (Å²) in [4.78, 5) is 0. The van der Waals surface area contributed by atoms with E-state index in [1.54, 1.807) is 0 Å². The van der Waals surface area contributed by atoms with Crippen molar-refractivity contribution in [3.63, 3.8) is 0 Å². The van der Waals surface area contributed by atoms with Gasteiger partial charge in [0.1, 0.15) is 5.75 Å². The molecule has 2 aromatic rings. The Morgan fingerprint density at radius 2 is 1.61 bits per heavy atom. The molecule has 2 nitrogen and oxygen atoms in total. The highest BCUT2D eigenvalue weighted by Crippen LogP contribution is 2.53. The van der Waals surface area contributed by atoms with Crippen molar-refractivity contribution in [2.75, 3.05) is 6.16 Å². The lowest BCUT2D eigenvalue weighted by molar-refractivity contribution is 0.492. The van der Waals surface area contributed by atoms with E-state index in [2.05, 4.69) is 0 Å². The van der Waals surface area contributed by atoms with Crippen LogP contribution in [0.3, 0.4) is 0 Å². The Kier molecular flexibility index (Phi) is 3.32. The highest BCUT2D eigenvalue weighted by molar-refractivity contribution is 7.67. The highest BCUT2D eigenvalue weighted by atomic mass is 31.2. The van der Waals surface area contributed by atoms with E-state index < -0.39 is 7.37 Å². The lowest BCUT2D eigenvalue weighted by atomic mass is 10.0. The van der Waals surface area contributed by atoms with E-state index in [1.807, 2.05) is 55.5 Å². The maximum Gasteiger partial charge on any atom is 0.277 e. The van der Waals surface area contributed by atoms with Gasteiger partial charge in [-0.15, -0.1) is 0 Å². The Bertz CT molecular complexity index is 619. The van der Waals surface area contributed by atoms with Crippen LogP contribution in [0.25, 0.3) is 11.1 Å². The van der Waals surface area contributed by atoms with Gasteiger partial charge in [0.15, 0.2) is 0 Å². The summed E-state index contributed by atoms with van der Waals surface area (Å²) in [5, 5.41) is 0.848. The summed E-state index contributed by atoms with van der Waals surface area (Å²) < 4.78 is 18.5. The van der Waals surface area contributed by atoms with E-state index in [-0.39, 0.29) is 7.43 Å². The third-order valence-corrected chi connectivity index (χ3v) is 5.56. The molecule has 3 heteroatoms. The summed E-state index contributed by atoms with van der Waals surface area (Å²) in [6.07, 6.45) is 0.526. The lowest BCUT2D eigenvalue weighted by Gasteiger charge is -2.27. The maximum absolute atomic E-state index is 12.8. The number of hydrogen-bond donors (Lipinski definition) is 0. The summed E-state index contributed by atoms with van der Waals surface area (Å²) in [5.74, 6) is 0.733. The highest BCUT2D eigenvalue weighted by Gasteiger charge is 2.33. The molecule has 1 aliphatic rings. The smallest absolute Gasteiger partial charge is 0.277 e. The van der Waals surface area contributed by atoms with Crippen molar-refractivity contribution in [1.82, 2.24) is 0 Å². The van der Waals surface area contributed by atoms with Crippen LogP contribution in [0.5, 0.6) is 5.75 Å². The minimum atomic E-state index is -2.72. The minimum absolute atomic E-state index is 0. The molecule has 0 saturated heterocycles. The fraction of sp³-hybridized carbons (Fsp3) is 0.200. The van der Waals surface area contributed by atoms with Crippen LogP contribution in [-0.2, 0) is 4.57 Å². The van der Waals surface area contributed by atoms with Gasteiger partial charge in [-0.05, 0) is 17.7 Å². The summed E-state index contributed by atoms with van der Waals surface area (Å²) in [5.41, 5.74) is 2.07. The molecule has 0 fully saturated rings. The number of benzene rings is 2. The molecule has 0 saturated carbocycles. The molecule has 18 heavy (non-hydrogen) atoms. The molecule has 1 aliphatic heterocycles. The normalized spacial score (nSPS) is 20.1. The number of rotatable bonds is 1. The van der Waals surface area contributed by atoms with Crippen LogP contribution in [-0.4, -0.2) is 6.16 Å². The summed E-state index contributed by atoms with van der Waals surface area (Å²) in [6.45, 7) is 1.91. The first-order valence-corrected chi connectivity index (χ1v) is 7.53. The van der Waals surface area contributed by atoms with E-state index in [4.69, 9.17) is 4.52 Å². The molecule has 0 N–H and O–H groups in total. The van der Waals surface area contributed by atoms with Gasteiger partial charge in [0.25, 0.3) is 7.37 Å². The standard InChI is InChI=1S/C14H13O2P.CH4/c1-2-17(15)14-10-6-4-8-12(14)11-7-3-5-9-13(11)16-17;/h3-10H,2H2,1H3;1H4. The van der Waals surface area contributed by atoms with Crippen LogP contribution in [0.15, 0.2) is 48.5 Å². The molecule has 0 aromatic heterocycles. The van der Waals surface area contributed by atoms with Gasteiger partial charge < -0.3 is 4.52 Å². The SMILES string of the molecule is C.CCP1(=O)Oc2ccccc2-c2ccccc21. The minimum Gasteiger partial charge on any atom is -0.439 e. The summed E-state index contributed by atoms with van der Waals surface area (Å²) in [7, 11) is -2.72. The van der Waals surface area contributed by atoms with Crippen molar-refractivity contribution < 1.29 is 9.09 Å². The second-order valence-electron chi connectivity index (χ2n) is 4.09. The summed E-state index contributed by atoms with van der Waals surface area (Å²) in [6, 6.07) is 15.6. The monoisotopic (exact) mass is 260 g/mol. The van der Waals surface area contributed by atoms with E-state index in [0.717, 1.165) is 22.2 Å². The fourth-order valence-corrected chi connectivity index (χ4v) is 4.13. The van der Waals surface area contributed by atoms with Crippen LogP contribution < -0.4 is 9.83 Å². The van der Waals surface area contributed by atoms with Crippen molar-refractivity contribution >= 4 is 12.7 Å². The fourth-order valence-electron chi connectivity index (χ4n) is 2.21. The average Bonchev–Trinajstić information content (AvgIpc) is 2.39. The molecular weight excluding hydrogens is 243 g/mol. The van der Waals surface area contributed by atoms with Crippen molar-refractivity contribution in [2.24, 2.45) is 0 Å². The zero-order chi connectivity index (χ0) is 11.9. The molecule has 1 heterocycles. The maximum atomic E-state index is 12.8. The topological polar surface area (TPSA) is 26.3 Å². The Morgan fingerprint density at radius 3 is 2.33 bits per heavy atom. The molecule has 2 aromatic carbocycles. The second kappa shape index (κ2) is 4.62. The Labute approximate surface area is 108 Å². The Balaban J connectivity index is 0.00000120. The van der Waals surface area contributed by atoms with E-state index in [1.165, 1.54) is 0 Å². The van der Waals surface area contributed by atoms with Crippen LogP contribution >= 0.6 is 7.37 Å². The predicted molar refractivity (Wildman–Crippen MR) is 77.0 cm³/mol. The van der Waals surface area contributed by atoms with E-state index in [0.29, 0.717) is 6.16 Å². The molecule has 3 rings (SSSR count). The molecular formula is C15H17O2P. The molecule has 0 bridgehead atoms. The van der Waals surface area contributed by atoms with Gasteiger partial charge >= 0.3 is 0 Å². The Morgan fingerprint density at radius 1 is 1.00 bits per heavy atom.